The maximum Gasteiger partial charge on any atom is 0.362 e. The second kappa shape index (κ2) is 11.7. The Labute approximate surface area is 249 Å². The Morgan fingerprint density at radius 1 is 1.27 bits per heavy atom. The molecule has 0 aliphatic carbocycles. The minimum Gasteiger partial charge on any atom is -0.503 e. The van der Waals surface area contributed by atoms with Crippen molar-refractivity contribution in [1.29, 1.82) is 0 Å². The van der Waals surface area contributed by atoms with E-state index in [-0.39, 0.29) is 32.4 Å². The topological polar surface area (TPSA) is 310 Å². The number of aromatic amines is 1. The molecule has 0 saturated carbocycles. The summed E-state index contributed by atoms with van der Waals surface area (Å²) < 4.78 is 38.5. The Morgan fingerprint density at radius 3 is 2.57 bits per heavy atom. The number of aliphatic carboxylic acids is 1. The number of pyridine rings is 1. The Morgan fingerprint density at radius 2 is 1.98 bits per heavy atom. The zero-order valence-electron chi connectivity index (χ0n) is 22.4. The minimum atomic E-state index is -5.15. The quantitative estimate of drug-likeness (QED) is 0.0524. The lowest BCUT2D eigenvalue weighted by Gasteiger charge is -2.44. The zero-order valence-corrected chi connectivity index (χ0v) is 24.0. The van der Waals surface area contributed by atoms with Crippen LogP contribution in [0.25, 0.3) is 11.6 Å². The zero-order chi connectivity index (χ0) is 32.6. The summed E-state index contributed by atoms with van der Waals surface area (Å²) in [5.41, 5.74) is 1.87. The van der Waals surface area contributed by atoms with E-state index in [0.29, 0.717) is 0 Å². The summed E-state index contributed by atoms with van der Waals surface area (Å²) in [7, 11) is -5.15. The first-order valence-corrected chi connectivity index (χ1v) is 14.3. The predicted octanol–water partition coefficient (Wildman–Crippen LogP) is -1.71. The number of hydrogen-bond donors (Lipinski definition) is 7. The predicted molar refractivity (Wildman–Crippen MR) is 147 cm³/mol. The van der Waals surface area contributed by atoms with Crippen molar-refractivity contribution >= 4 is 56.2 Å². The molecule has 1 aliphatic rings. The van der Waals surface area contributed by atoms with Gasteiger partial charge in [-0.1, -0.05) is 5.16 Å². The number of anilines is 1. The Balaban J connectivity index is 1.52. The molecule has 0 aromatic carbocycles. The molecule has 1 aliphatic heterocycles. The first-order valence-electron chi connectivity index (χ1n) is 12.0. The molecule has 4 heterocycles. The lowest BCUT2D eigenvalue weighted by Crippen LogP contribution is -2.74. The molecular formula is C22H22N8O12S2. The van der Waals surface area contributed by atoms with Crippen molar-refractivity contribution in [2.75, 3.05) is 12.3 Å². The van der Waals surface area contributed by atoms with Crippen LogP contribution in [0.1, 0.15) is 30.0 Å². The van der Waals surface area contributed by atoms with Crippen LogP contribution in [-0.4, -0.2) is 96.1 Å². The summed E-state index contributed by atoms with van der Waals surface area (Å²) in [5, 5.41) is 28.0. The highest BCUT2D eigenvalue weighted by molar-refractivity contribution is 7.84. The molecule has 3 aromatic heterocycles. The van der Waals surface area contributed by atoms with Gasteiger partial charge in [-0.25, -0.2) is 19.1 Å². The van der Waals surface area contributed by atoms with Crippen LogP contribution in [0.4, 0.5) is 5.13 Å². The van der Waals surface area contributed by atoms with Crippen molar-refractivity contribution in [2.24, 2.45) is 5.16 Å². The van der Waals surface area contributed by atoms with E-state index >= 15 is 0 Å². The number of carbonyl (C=O) groups is 4. The van der Waals surface area contributed by atoms with Crippen molar-refractivity contribution in [3.8, 4) is 17.3 Å². The summed E-state index contributed by atoms with van der Waals surface area (Å²) >= 11 is 0.901. The number of oxime groups is 1. The average molecular weight is 655 g/mol. The van der Waals surface area contributed by atoms with E-state index in [1.165, 1.54) is 5.38 Å². The van der Waals surface area contributed by atoms with Crippen LogP contribution in [-0.2, 0) is 29.5 Å². The minimum absolute atomic E-state index is 0.00337. The standard InChI is InChI=1S/C22H22N8O12S2/c1-22(2,20(36)37)42-29-14(10-7-43-21(23)27-10)17(34)28-15-11(30(19(15)35)44(38,39)40)4-25-16(33)9-6-41-18(26-9)8-3-12(31)13(32)5-24-8/h3,5-7,11,15,32H,4H2,1-2H3,(H2,23,27)(H,24,31)(H,25,33)(H,28,34)(H,36,37)(H,38,39,40)/t11-,15+/m1/s1. The van der Waals surface area contributed by atoms with Gasteiger partial charge in [0.25, 0.3) is 17.7 Å². The maximum absolute atomic E-state index is 13.2. The summed E-state index contributed by atoms with van der Waals surface area (Å²) in [4.78, 5) is 76.9. The van der Waals surface area contributed by atoms with Crippen molar-refractivity contribution in [1.82, 2.24) is 29.9 Å². The summed E-state index contributed by atoms with van der Waals surface area (Å²) in [6, 6.07) is -2.23. The fraction of sp³-hybridized carbons (Fsp3) is 0.273. The monoisotopic (exact) mass is 654 g/mol. The van der Waals surface area contributed by atoms with E-state index in [4.69, 9.17) is 15.0 Å². The van der Waals surface area contributed by atoms with Crippen molar-refractivity contribution in [3.63, 3.8) is 0 Å². The van der Waals surface area contributed by atoms with E-state index in [9.17, 15) is 47.2 Å². The Hall–Kier alpha value is -5.35. The van der Waals surface area contributed by atoms with Crippen molar-refractivity contribution < 1.29 is 51.6 Å². The van der Waals surface area contributed by atoms with Crippen LogP contribution in [0.5, 0.6) is 5.75 Å². The SMILES string of the molecule is CC(C)(ON=C(C(=O)N[C@@H]1C(=O)N(S(=O)(=O)O)[C@@H]1CNC(=O)c1coc(-c2cc(=O)c(O)c[nH]2)n1)c1csc(N)n1)C(=O)O. The molecule has 0 spiro atoms. The van der Waals surface area contributed by atoms with E-state index < -0.39 is 75.1 Å². The molecule has 20 nitrogen and oxygen atoms in total. The highest BCUT2D eigenvalue weighted by Gasteiger charge is 2.54. The lowest BCUT2D eigenvalue weighted by atomic mass is 9.98. The highest BCUT2D eigenvalue weighted by atomic mass is 32.2. The molecule has 1 fully saturated rings. The molecule has 3 amide bonds. The number of aromatic hydroxyl groups is 1. The van der Waals surface area contributed by atoms with Crippen molar-refractivity contribution in [3.05, 3.63) is 45.5 Å². The van der Waals surface area contributed by atoms with E-state index in [1.54, 1.807) is 0 Å². The third kappa shape index (κ3) is 6.50. The number of amides is 3. The number of oxazole rings is 1. The van der Waals surface area contributed by atoms with Crippen LogP contribution in [0.2, 0.25) is 0 Å². The van der Waals surface area contributed by atoms with Gasteiger partial charge in [-0.05, 0) is 13.8 Å². The Bertz CT molecular complexity index is 1840. The summed E-state index contributed by atoms with van der Waals surface area (Å²) in [5.74, 6) is -5.58. The molecule has 22 heteroatoms. The van der Waals surface area contributed by atoms with Gasteiger partial charge in [0, 0.05) is 24.2 Å². The van der Waals surface area contributed by atoms with Crippen LogP contribution in [0.15, 0.2) is 38.3 Å². The lowest BCUT2D eigenvalue weighted by molar-refractivity contribution is -0.161. The second-order valence-electron chi connectivity index (χ2n) is 9.39. The van der Waals surface area contributed by atoms with Gasteiger partial charge in [0.1, 0.15) is 23.7 Å². The molecule has 44 heavy (non-hydrogen) atoms. The number of thiazole rings is 1. The smallest absolute Gasteiger partial charge is 0.362 e. The number of hydrogen-bond acceptors (Lipinski definition) is 15. The van der Waals surface area contributed by atoms with Gasteiger partial charge >= 0.3 is 16.3 Å². The number of nitrogens with zero attached hydrogens (tertiary/aromatic N) is 4. The average Bonchev–Trinajstić information content (AvgIpc) is 3.60. The summed E-state index contributed by atoms with van der Waals surface area (Å²) in [6.07, 6.45) is 1.88. The first-order chi connectivity index (χ1) is 20.5. The third-order valence-corrected chi connectivity index (χ3v) is 7.52. The number of rotatable bonds is 11. The molecule has 0 radical (unpaired) electrons. The van der Waals surface area contributed by atoms with Gasteiger partial charge in [0.05, 0.1) is 6.04 Å². The van der Waals surface area contributed by atoms with Gasteiger partial charge in [-0.3, -0.25) is 23.7 Å². The van der Waals surface area contributed by atoms with Crippen LogP contribution < -0.4 is 21.8 Å². The Kier molecular flexibility index (Phi) is 8.42. The number of carboxylic acid groups (broad SMARTS) is 1. The van der Waals surface area contributed by atoms with Gasteiger partial charge in [0.2, 0.25) is 16.9 Å². The fourth-order valence-corrected chi connectivity index (χ4v) is 4.98. The maximum atomic E-state index is 13.2. The number of nitrogen functional groups attached to an aromatic ring is 1. The number of nitrogens with two attached hydrogens (primary N) is 1. The van der Waals surface area contributed by atoms with Crippen molar-refractivity contribution in [2.45, 2.75) is 31.5 Å². The highest BCUT2D eigenvalue weighted by Crippen LogP contribution is 2.24. The number of nitrogens with one attached hydrogen (secondary N) is 3. The first kappa shape index (κ1) is 31.6. The van der Waals surface area contributed by atoms with Gasteiger partial charge in [-0.2, -0.15) is 8.42 Å². The van der Waals surface area contributed by atoms with E-state index in [2.05, 4.69) is 30.7 Å². The molecule has 8 N–H and O–H groups in total. The number of carboxylic acids is 1. The van der Waals surface area contributed by atoms with Gasteiger partial charge in [0.15, 0.2) is 22.3 Å². The van der Waals surface area contributed by atoms with E-state index in [1.807, 2.05) is 0 Å². The number of β-lactam (4-membered cyclic amide) rings is 1. The molecule has 3 aromatic rings. The molecule has 234 valence electrons. The second-order valence-corrected chi connectivity index (χ2v) is 11.6. The summed E-state index contributed by atoms with van der Waals surface area (Å²) in [6.45, 7) is 1.64. The van der Waals surface area contributed by atoms with Crippen LogP contribution in [0, 0.1) is 0 Å². The molecular weight excluding hydrogens is 632 g/mol. The largest absolute Gasteiger partial charge is 0.503 e. The van der Waals surface area contributed by atoms with Gasteiger partial charge in [-0.15, -0.1) is 11.3 Å². The number of aromatic nitrogens is 3. The molecule has 4 rings (SSSR count). The van der Waals surface area contributed by atoms with Gasteiger partial charge < -0.3 is 40.8 Å². The molecule has 0 bridgehead atoms. The van der Waals surface area contributed by atoms with E-state index in [0.717, 1.165) is 43.7 Å². The van der Waals surface area contributed by atoms with Crippen LogP contribution in [0.3, 0.4) is 0 Å². The fourth-order valence-electron chi connectivity index (χ4n) is 3.55. The molecule has 2 atom stereocenters. The molecule has 1 saturated heterocycles. The van der Waals surface area contributed by atoms with Crippen LogP contribution >= 0.6 is 11.3 Å². The normalized spacial score (nSPS) is 17.1. The third-order valence-electron chi connectivity index (χ3n) is 5.90. The number of H-pyrrole nitrogens is 1. The number of carbonyl (C=O) groups excluding carboxylic acids is 3. The molecule has 0 unspecified atom stereocenters.